The molecule has 0 aliphatic rings. The van der Waals surface area contributed by atoms with Gasteiger partial charge in [-0.25, -0.2) is 4.39 Å². The Labute approximate surface area is 107 Å². The van der Waals surface area contributed by atoms with Gasteiger partial charge in [-0.2, -0.15) is 0 Å². The molecule has 0 radical (unpaired) electrons. The lowest BCUT2D eigenvalue weighted by Crippen LogP contribution is -2.29. The molecule has 0 aromatic heterocycles. The van der Waals surface area contributed by atoms with Gasteiger partial charge in [0.25, 0.3) is 0 Å². The van der Waals surface area contributed by atoms with Crippen molar-refractivity contribution in [3.8, 4) is 5.75 Å². The van der Waals surface area contributed by atoms with Crippen molar-refractivity contribution in [1.29, 1.82) is 0 Å². The molecule has 100 valence electrons. The third-order valence-electron chi connectivity index (χ3n) is 2.73. The minimum absolute atomic E-state index is 0.0486. The second-order valence-electron chi connectivity index (χ2n) is 5.13. The van der Waals surface area contributed by atoms with E-state index in [-0.39, 0.29) is 6.10 Å². The second kappa shape index (κ2) is 5.38. The van der Waals surface area contributed by atoms with Crippen LogP contribution >= 0.6 is 0 Å². The van der Waals surface area contributed by atoms with Crippen molar-refractivity contribution in [2.45, 2.75) is 40.0 Å². The van der Waals surface area contributed by atoms with Gasteiger partial charge in [0.05, 0.1) is 11.5 Å². The van der Waals surface area contributed by atoms with Crippen LogP contribution in [0.15, 0.2) is 24.3 Å². The third-order valence-corrected chi connectivity index (χ3v) is 2.73. The number of carboxylic acids is 1. The topological polar surface area (TPSA) is 46.5 Å². The number of carbonyl (C=O) groups is 1. The normalized spacial score (nSPS) is 13.4. The number of hydrogen-bond acceptors (Lipinski definition) is 2. The van der Waals surface area contributed by atoms with Crippen LogP contribution in [0.25, 0.3) is 0 Å². The van der Waals surface area contributed by atoms with Crippen molar-refractivity contribution in [3.63, 3.8) is 0 Å². The highest BCUT2D eigenvalue weighted by molar-refractivity contribution is 5.74. The fraction of sp³-hybridized carbons (Fsp3) is 0.500. The minimum Gasteiger partial charge on any atom is -0.491 e. The summed E-state index contributed by atoms with van der Waals surface area (Å²) < 4.78 is 19.6. The van der Waals surface area contributed by atoms with Crippen molar-refractivity contribution in [1.82, 2.24) is 0 Å². The van der Waals surface area contributed by atoms with Crippen LogP contribution in [-0.4, -0.2) is 17.2 Å². The zero-order valence-corrected chi connectivity index (χ0v) is 11.1. The fourth-order valence-corrected chi connectivity index (χ4v) is 1.51. The number of aliphatic carboxylic acids is 1. The van der Waals surface area contributed by atoms with Crippen LogP contribution in [0.2, 0.25) is 0 Å². The maximum Gasteiger partial charge on any atom is 0.312 e. The van der Waals surface area contributed by atoms with Gasteiger partial charge in [0.15, 0.2) is 0 Å². The predicted molar refractivity (Wildman–Crippen MR) is 67.5 cm³/mol. The molecule has 0 aliphatic heterocycles. The molecular formula is C14H19FO3. The Bertz CT molecular complexity index is 410. The van der Waals surface area contributed by atoms with Gasteiger partial charge in [-0.3, -0.25) is 4.79 Å². The molecule has 18 heavy (non-hydrogen) atoms. The standard InChI is InChI=1S/C14H19FO3/c1-9(2)18-11-7-5-10(6-8-11)12(15)14(3,4)13(16)17/h5-9,12H,1-4H3,(H,16,17). The Morgan fingerprint density at radius 1 is 1.28 bits per heavy atom. The van der Waals surface area contributed by atoms with Crippen molar-refractivity contribution in [2.75, 3.05) is 0 Å². The molecule has 0 heterocycles. The molecule has 1 aromatic carbocycles. The highest BCUT2D eigenvalue weighted by atomic mass is 19.1. The number of carboxylic acid groups (broad SMARTS) is 1. The summed E-state index contributed by atoms with van der Waals surface area (Å²) in [6.45, 7) is 6.55. The van der Waals surface area contributed by atoms with E-state index in [0.717, 1.165) is 0 Å². The van der Waals surface area contributed by atoms with Crippen LogP contribution in [0.4, 0.5) is 4.39 Å². The molecule has 0 spiro atoms. The van der Waals surface area contributed by atoms with E-state index in [2.05, 4.69) is 0 Å². The largest absolute Gasteiger partial charge is 0.491 e. The van der Waals surface area contributed by atoms with Gasteiger partial charge in [-0.1, -0.05) is 12.1 Å². The first-order valence-electron chi connectivity index (χ1n) is 5.89. The molecule has 0 saturated carbocycles. The number of benzene rings is 1. The van der Waals surface area contributed by atoms with E-state index < -0.39 is 17.6 Å². The molecule has 1 rings (SSSR count). The van der Waals surface area contributed by atoms with Gasteiger partial charge in [0, 0.05) is 0 Å². The number of halogens is 1. The number of hydrogen-bond donors (Lipinski definition) is 1. The average molecular weight is 254 g/mol. The minimum atomic E-state index is -1.55. The van der Waals surface area contributed by atoms with Crippen molar-refractivity contribution in [2.24, 2.45) is 5.41 Å². The number of alkyl halides is 1. The van der Waals surface area contributed by atoms with E-state index in [0.29, 0.717) is 11.3 Å². The van der Waals surface area contributed by atoms with Gasteiger partial charge in [-0.05, 0) is 45.4 Å². The zero-order chi connectivity index (χ0) is 13.9. The molecule has 0 aliphatic carbocycles. The molecular weight excluding hydrogens is 235 g/mol. The first kappa shape index (κ1) is 14.5. The van der Waals surface area contributed by atoms with Crippen LogP contribution in [0.1, 0.15) is 39.4 Å². The van der Waals surface area contributed by atoms with E-state index in [9.17, 15) is 9.18 Å². The van der Waals surface area contributed by atoms with E-state index >= 15 is 0 Å². The first-order chi connectivity index (χ1) is 8.25. The molecule has 1 N–H and O–H groups in total. The van der Waals surface area contributed by atoms with Crippen LogP contribution in [0, 0.1) is 5.41 Å². The summed E-state index contributed by atoms with van der Waals surface area (Å²) in [6, 6.07) is 6.43. The second-order valence-corrected chi connectivity index (χ2v) is 5.13. The van der Waals surface area contributed by atoms with Crippen LogP contribution in [-0.2, 0) is 4.79 Å². The van der Waals surface area contributed by atoms with E-state index in [1.54, 1.807) is 24.3 Å². The monoisotopic (exact) mass is 254 g/mol. The average Bonchev–Trinajstić information content (AvgIpc) is 2.28. The SMILES string of the molecule is CC(C)Oc1ccc(C(F)C(C)(C)C(=O)O)cc1. The summed E-state index contributed by atoms with van der Waals surface area (Å²) in [4.78, 5) is 11.0. The van der Waals surface area contributed by atoms with E-state index in [1.807, 2.05) is 13.8 Å². The summed E-state index contributed by atoms with van der Waals surface area (Å²) in [5.74, 6) is -0.508. The smallest absolute Gasteiger partial charge is 0.312 e. The van der Waals surface area contributed by atoms with Gasteiger partial charge < -0.3 is 9.84 Å². The maximum absolute atomic E-state index is 14.1. The molecule has 3 nitrogen and oxygen atoms in total. The molecule has 0 bridgehead atoms. The Kier molecular flexibility index (Phi) is 4.33. The fourth-order valence-electron chi connectivity index (χ4n) is 1.51. The number of rotatable bonds is 5. The van der Waals surface area contributed by atoms with E-state index in [1.165, 1.54) is 13.8 Å². The van der Waals surface area contributed by atoms with Gasteiger partial charge in [0.2, 0.25) is 0 Å². The first-order valence-corrected chi connectivity index (χ1v) is 5.89. The highest BCUT2D eigenvalue weighted by Crippen LogP contribution is 2.37. The van der Waals surface area contributed by atoms with Gasteiger partial charge >= 0.3 is 5.97 Å². The summed E-state index contributed by atoms with van der Waals surface area (Å²) in [5.41, 5.74) is -1.10. The Balaban J connectivity index is 2.88. The summed E-state index contributed by atoms with van der Waals surface area (Å²) in [6.07, 6.45) is -1.50. The lowest BCUT2D eigenvalue weighted by molar-refractivity contribution is -0.150. The van der Waals surface area contributed by atoms with Crippen LogP contribution in [0.3, 0.4) is 0 Å². The Morgan fingerprint density at radius 3 is 2.17 bits per heavy atom. The van der Waals surface area contributed by atoms with Gasteiger partial charge in [0.1, 0.15) is 11.9 Å². The molecule has 0 saturated heterocycles. The molecule has 0 amide bonds. The molecule has 0 fully saturated rings. The van der Waals surface area contributed by atoms with Crippen LogP contribution < -0.4 is 4.74 Å². The Hall–Kier alpha value is -1.58. The van der Waals surface area contributed by atoms with Crippen molar-refractivity contribution >= 4 is 5.97 Å². The summed E-state index contributed by atoms with van der Waals surface area (Å²) in [7, 11) is 0. The molecule has 4 heteroatoms. The van der Waals surface area contributed by atoms with E-state index in [4.69, 9.17) is 9.84 Å². The third kappa shape index (κ3) is 3.22. The number of ether oxygens (including phenoxy) is 1. The predicted octanol–water partition coefficient (Wildman–Crippen LogP) is 3.60. The zero-order valence-electron chi connectivity index (χ0n) is 11.1. The molecule has 1 atom stereocenters. The molecule has 1 aromatic rings. The summed E-state index contributed by atoms with van der Waals surface area (Å²) >= 11 is 0. The van der Waals surface area contributed by atoms with Crippen molar-refractivity contribution < 1.29 is 19.0 Å². The summed E-state index contributed by atoms with van der Waals surface area (Å²) in [5, 5.41) is 8.98. The van der Waals surface area contributed by atoms with Crippen molar-refractivity contribution in [3.05, 3.63) is 29.8 Å². The highest BCUT2D eigenvalue weighted by Gasteiger charge is 2.38. The Morgan fingerprint density at radius 2 is 1.78 bits per heavy atom. The van der Waals surface area contributed by atoms with Gasteiger partial charge in [-0.15, -0.1) is 0 Å². The maximum atomic E-state index is 14.1. The molecule has 1 unspecified atom stereocenters. The lowest BCUT2D eigenvalue weighted by atomic mass is 9.84. The quantitative estimate of drug-likeness (QED) is 0.873. The van der Waals surface area contributed by atoms with Crippen LogP contribution in [0.5, 0.6) is 5.75 Å². The lowest BCUT2D eigenvalue weighted by Gasteiger charge is -2.24.